The average molecular weight is 285 g/mol. The molecule has 0 saturated carbocycles. The number of nitrogens with zero attached hydrogens (tertiary/aromatic N) is 2. The lowest BCUT2D eigenvalue weighted by Crippen LogP contribution is -2.33. The van der Waals surface area contributed by atoms with Gasteiger partial charge in [-0.25, -0.2) is 0 Å². The van der Waals surface area contributed by atoms with Gasteiger partial charge in [-0.2, -0.15) is 0 Å². The quantitative estimate of drug-likeness (QED) is 0.776. The molecule has 1 aliphatic heterocycles. The van der Waals surface area contributed by atoms with Gasteiger partial charge in [-0.05, 0) is 25.9 Å². The number of pyridine rings is 1. The largest absolute Gasteiger partial charge is 0.487 e. The summed E-state index contributed by atoms with van der Waals surface area (Å²) >= 11 is 5.76. The standard InChI is InChI=1S/C14H21ClN2O2/c1-16-11-14(13(18)9-12(16)10-15)19-8-7-17-5-3-2-4-6-17/h9,11H,2-8,10H2,1H3. The summed E-state index contributed by atoms with van der Waals surface area (Å²) in [4.78, 5) is 14.2. The average Bonchev–Trinajstić information content (AvgIpc) is 2.43. The van der Waals surface area contributed by atoms with E-state index in [1.54, 1.807) is 12.3 Å². The van der Waals surface area contributed by atoms with Crippen LogP contribution in [0.2, 0.25) is 0 Å². The Kier molecular flexibility index (Phi) is 5.28. The summed E-state index contributed by atoms with van der Waals surface area (Å²) in [6.45, 7) is 3.75. The topological polar surface area (TPSA) is 34.5 Å². The molecule has 0 radical (unpaired) electrons. The maximum absolute atomic E-state index is 11.8. The zero-order valence-electron chi connectivity index (χ0n) is 11.4. The van der Waals surface area contributed by atoms with Crippen molar-refractivity contribution in [1.82, 2.24) is 9.47 Å². The fourth-order valence-electron chi connectivity index (χ4n) is 2.36. The first kappa shape index (κ1) is 14.4. The molecule has 1 aromatic heterocycles. The van der Waals surface area contributed by atoms with Crippen LogP contribution < -0.4 is 10.2 Å². The minimum absolute atomic E-state index is 0.0904. The van der Waals surface area contributed by atoms with Gasteiger partial charge in [0.15, 0.2) is 5.75 Å². The van der Waals surface area contributed by atoms with Crippen molar-refractivity contribution < 1.29 is 4.74 Å². The zero-order chi connectivity index (χ0) is 13.7. The fourth-order valence-corrected chi connectivity index (χ4v) is 2.62. The molecule has 0 bridgehead atoms. The summed E-state index contributed by atoms with van der Waals surface area (Å²) in [5, 5.41) is 0. The highest BCUT2D eigenvalue weighted by Gasteiger charge is 2.10. The van der Waals surface area contributed by atoms with E-state index < -0.39 is 0 Å². The van der Waals surface area contributed by atoms with Crippen molar-refractivity contribution in [3.63, 3.8) is 0 Å². The maximum atomic E-state index is 11.8. The lowest BCUT2D eigenvalue weighted by Gasteiger charge is -2.26. The normalized spacial score (nSPS) is 16.5. The van der Waals surface area contributed by atoms with E-state index in [0.29, 0.717) is 18.2 Å². The number of alkyl halides is 1. The van der Waals surface area contributed by atoms with Gasteiger partial charge >= 0.3 is 0 Å². The molecule has 0 aliphatic carbocycles. The van der Waals surface area contributed by atoms with Crippen molar-refractivity contribution in [1.29, 1.82) is 0 Å². The van der Waals surface area contributed by atoms with Crippen LogP contribution in [0.3, 0.4) is 0 Å². The molecule has 1 fully saturated rings. The Balaban J connectivity index is 1.88. The predicted octanol–water partition coefficient (Wildman–Crippen LogP) is 1.99. The van der Waals surface area contributed by atoms with Gasteiger partial charge in [0.25, 0.3) is 0 Å². The van der Waals surface area contributed by atoms with Crippen LogP contribution >= 0.6 is 11.6 Å². The van der Waals surface area contributed by atoms with Gasteiger partial charge in [-0.3, -0.25) is 9.69 Å². The van der Waals surface area contributed by atoms with E-state index in [1.807, 2.05) is 11.6 Å². The molecule has 1 aliphatic rings. The third-order valence-electron chi connectivity index (χ3n) is 3.56. The molecule has 0 amide bonds. The van der Waals surface area contributed by atoms with Gasteiger partial charge in [-0.15, -0.1) is 11.6 Å². The van der Waals surface area contributed by atoms with Gasteiger partial charge in [0.2, 0.25) is 5.43 Å². The van der Waals surface area contributed by atoms with Crippen LogP contribution in [0.25, 0.3) is 0 Å². The van der Waals surface area contributed by atoms with Crippen LogP contribution in [0.15, 0.2) is 17.1 Å². The third-order valence-corrected chi connectivity index (χ3v) is 3.83. The second-order valence-electron chi connectivity index (χ2n) is 4.99. The first-order valence-electron chi connectivity index (χ1n) is 6.81. The van der Waals surface area contributed by atoms with Gasteiger partial charge in [0.05, 0.1) is 12.1 Å². The van der Waals surface area contributed by atoms with Crippen LogP contribution in [-0.2, 0) is 12.9 Å². The van der Waals surface area contributed by atoms with Crippen molar-refractivity contribution in [3.05, 3.63) is 28.2 Å². The molecule has 0 N–H and O–H groups in total. The Morgan fingerprint density at radius 1 is 1.32 bits per heavy atom. The summed E-state index contributed by atoms with van der Waals surface area (Å²) in [6.07, 6.45) is 5.59. The number of hydrogen-bond donors (Lipinski definition) is 0. The number of hydrogen-bond acceptors (Lipinski definition) is 3. The lowest BCUT2D eigenvalue weighted by atomic mass is 10.1. The van der Waals surface area contributed by atoms with Crippen molar-refractivity contribution in [2.75, 3.05) is 26.2 Å². The summed E-state index contributed by atoms with van der Waals surface area (Å²) in [6, 6.07) is 1.54. The van der Waals surface area contributed by atoms with Gasteiger partial charge in [0, 0.05) is 25.4 Å². The van der Waals surface area contributed by atoms with Gasteiger partial charge in [0.1, 0.15) is 6.61 Å². The molecule has 4 nitrogen and oxygen atoms in total. The van der Waals surface area contributed by atoms with Crippen LogP contribution in [0.1, 0.15) is 25.0 Å². The molecule has 0 spiro atoms. The molecule has 1 saturated heterocycles. The zero-order valence-corrected chi connectivity index (χ0v) is 12.2. The second kappa shape index (κ2) is 6.96. The fraction of sp³-hybridized carbons (Fsp3) is 0.643. The van der Waals surface area contributed by atoms with Crippen LogP contribution in [-0.4, -0.2) is 35.7 Å². The minimum Gasteiger partial charge on any atom is -0.487 e. The van der Waals surface area contributed by atoms with E-state index in [2.05, 4.69) is 4.90 Å². The Bertz CT molecular complexity index is 467. The predicted molar refractivity (Wildman–Crippen MR) is 77.0 cm³/mol. The lowest BCUT2D eigenvalue weighted by molar-refractivity contribution is 0.182. The SMILES string of the molecule is Cn1cc(OCCN2CCCCC2)c(=O)cc1CCl. The summed E-state index contributed by atoms with van der Waals surface area (Å²) in [7, 11) is 1.87. The first-order chi connectivity index (χ1) is 9.20. The van der Waals surface area contributed by atoms with Gasteiger partial charge < -0.3 is 9.30 Å². The van der Waals surface area contributed by atoms with Crippen LogP contribution in [0, 0.1) is 0 Å². The molecule has 5 heteroatoms. The Morgan fingerprint density at radius 3 is 2.74 bits per heavy atom. The smallest absolute Gasteiger partial charge is 0.223 e. The number of likely N-dealkylation sites (tertiary alicyclic amines) is 1. The number of piperidine rings is 1. The van der Waals surface area contributed by atoms with Crippen LogP contribution in [0.5, 0.6) is 5.75 Å². The maximum Gasteiger partial charge on any atom is 0.223 e. The van der Waals surface area contributed by atoms with E-state index in [9.17, 15) is 4.79 Å². The molecule has 19 heavy (non-hydrogen) atoms. The van der Waals surface area contributed by atoms with Crippen molar-refractivity contribution >= 4 is 11.6 Å². The summed E-state index contributed by atoms with van der Waals surface area (Å²) in [5.41, 5.74) is 0.711. The molecule has 0 unspecified atom stereocenters. The number of halogens is 1. The van der Waals surface area contributed by atoms with Crippen molar-refractivity contribution in [2.45, 2.75) is 25.1 Å². The first-order valence-corrected chi connectivity index (χ1v) is 7.35. The molecule has 0 aromatic carbocycles. The number of aryl methyl sites for hydroxylation is 1. The Morgan fingerprint density at radius 2 is 2.05 bits per heavy atom. The van der Waals surface area contributed by atoms with Crippen molar-refractivity contribution in [2.24, 2.45) is 7.05 Å². The highest BCUT2D eigenvalue weighted by Crippen LogP contribution is 2.10. The van der Waals surface area contributed by atoms with E-state index >= 15 is 0 Å². The Hall–Kier alpha value is -1.00. The van der Waals surface area contributed by atoms with Gasteiger partial charge in [-0.1, -0.05) is 6.42 Å². The monoisotopic (exact) mass is 284 g/mol. The molecular formula is C14H21ClN2O2. The summed E-state index contributed by atoms with van der Waals surface area (Å²) in [5.74, 6) is 0.744. The Labute approximate surface area is 118 Å². The molecule has 2 heterocycles. The van der Waals surface area contributed by atoms with Crippen LogP contribution in [0.4, 0.5) is 0 Å². The number of aromatic nitrogens is 1. The van der Waals surface area contributed by atoms with E-state index in [-0.39, 0.29) is 5.43 Å². The van der Waals surface area contributed by atoms with E-state index in [1.165, 1.54) is 19.3 Å². The third kappa shape index (κ3) is 3.98. The number of ether oxygens (including phenoxy) is 1. The number of rotatable bonds is 5. The molecular weight excluding hydrogens is 264 g/mol. The molecule has 1 aromatic rings. The highest BCUT2D eigenvalue weighted by atomic mass is 35.5. The van der Waals surface area contributed by atoms with E-state index in [0.717, 1.165) is 25.3 Å². The minimum atomic E-state index is -0.0904. The highest BCUT2D eigenvalue weighted by molar-refractivity contribution is 6.16. The van der Waals surface area contributed by atoms with Crippen molar-refractivity contribution in [3.8, 4) is 5.75 Å². The molecule has 2 rings (SSSR count). The molecule has 0 atom stereocenters. The van der Waals surface area contributed by atoms with E-state index in [4.69, 9.17) is 16.3 Å². The summed E-state index contributed by atoms with van der Waals surface area (Å²) < 4.78 is 7.44. The second-order valence-corrected chi connectivity index (χ2v) is 5.26. The molecule has 106 valence electrons.